The summed E-state index contributed by atoms with van der Waals surface area (Å²) >= 11 is 17.6. The molecule has 0 saturated heterocycles. The van der Waals surface area contributed by atoms with Crippen molar-refractivity contribution in [1.82, 2.24) is 0 Å². The molecule has 0 saturated carbocycles. The highest BCUT2D eigenvalue weighted by atomic mass is 35.5. The highest BCUT2D eigenvalue weighted by molar-refractivity contribution is 6.43. The quantitative estimate of drug-likeness (QED) is 0.628. The zero-order valence-electron chi connectivity index (χ0n) is 8.81. The van der Waals surface area contributed by atoms with Crippen molar-refractivity contribution in [2.45, 2.75) is 19.3 Å². The normalized spacial score (nSPS) is 10.5. The summed E-state index contributed by atoms with van der Waals surface area (Å²) in [5.41, 5.74) is 5.39. The molecule has 0 atom stereocenters. The molecule has 2 nitrogen and oxygen atoms in total. The second kappa shape index (κ2) is 7.23. The number of hydrogen-bond acceptors (Lipinski definition) is 2. The van der Waals surface area contributed by atoms with Gasteiger partial charge < -0.3 is 10.5 Å². The van der Waals surface area contributed by atoms with Gasteiger partial charge in [0.1, 0.15) is 5.75 Å². The van der Waals surface area contributed by atoms with Crippen molar-refractivity contribution in [3.63, 3.8) is 0 Å². The van der Waals surface area contributed by atoms with Gasteiger partial charge in [-0.3, -0.25) is 0 Å². The van der Waals surface area contributed by atoms with E-state index in [1.54, 1.807) is 12.1 Å². The number of ether oxygens (including phenoxy) is 1. The van der Waals surface area contributed by atoms with Crippen LogP contribution in [0.1, 0.15) is 19.3 Å². The maximum absolute atomic E-state index is 5.95. The topological polar surface area (TPSA) is 35.2 Å². The van der Waals surface area contributed by atoms with Crippen LogP contribution in [0, 0.1) is 0 Å². The van der Waals surface area contributed by atoms with Crippen molar-refractivity contribution >= 4 is 34.8 Å². The van der Waals surface area contributed by atoms with Crippen molar-refractivity contribution in [2.24, 2.45) is 5.73 Å². The highest BCUT2D eigenvalue weighted by Crippen LogP contribution is 2.33. The fourth-order valence-corrected chi connectivity index (χ4v) is 1.81. The first kappa shape index (κ1) is 13.9. The van der Waals surface area contributed by atoms with Gasteiger partial charge in [0.15, 0.2) is 0 Å². The van der Waals surface area contributed by atoms with Crippen molar-refractivity contribution in [3.05, 3.63) is 27.2 Å². The molecule has 1 rings (SSSR count). The average Bonchev–Trinajstić information content (AvgIpc) is 2.25. The van der Waals surface area contributed by atoms with Gasteiger partial charge in [-0.15, -0.1) is 0 Å². The van der Waals surface area contributed by atoms with Gasteiger partial charge in [-0.25, -0.2) is 0 Å². The summed E-state index contributed by atoms with van der Waals surface area (Å²) in [5.74, 6) is 0.573. The zero-order chi connectivity index (χ0) is 12.0. The van der Waals surface area contributed by atoms with Crippen molar-refractivity contribution in [2.75, 3.05) is 13.2 Å². The van der Waals surface area contributed by atoms with Crippen LogP contribution in [-0.4, -0.2) is 13.2 Å². The lowest BCUT2D eigenvalue weighted by Crippen LogP contribution is -2.01. The van der Waals surface area contributed by atoms with E-state index >= 15 is 0 Å². The summed E-state index contributed by atoms with van der Waals surface area (Å²) in [7, 11) is 0. The van der Waals surface area contributed by atoms with Crippen molar-refractivity contribution in [1.29, 1.82) is 0 Å². The Labute approximate surface area is 111 Å². The molecular weight excluding hydrogens is 268 g/mol. The molecule has 0 aromatic heterocycles. The Kier molecular flexibility index (Phi) is 6.29. The Hall–Kier alpha value is -0.150. The molecule has 1 aromatic carbocycles. The SMILES string of the molecule is NCCCCCOc1cc(Cl)c(Cl)cc1Cl. The molecule has 0 spiro atoms. The lowest BCUT2D eigenvalue weighted by Gasteiger charge is -2.09. The third-order valence-electron chi connectivity index (χ3n) is 2.08. The zero-order valence-corrected chi connectivity index (χ0v) is 11.1. The van der Waals surface area contributed by atoms with E-state index in [2.05, 4.69) is 0 Å². The Morgan fingerprint density at radius 3 is 2.31 bits per heavy atom. The molecule has 1 aromatic rings. The summed E-state index contributed by atoms with van der Waals surface area (Å²) in [6.45, 7) is 1.32. The van der Waals surface area contributed by atoms with E-state index in [4.69, 9.17) is 45.3 Å². The second-order valence-corrected chi connectivity index (χ2v) is 4.62. The molecule has 0 radical (unpaired) electrons. The number of nitrogens with two attached hydrogens (primary N) is 1. The molecule has 5 heteroatoms. The fraction of sp³-hybridized carbons (Fsp3) is 0.455. The minimum absolute atomic E-state index is 0.433. The van der Waals surface area contributed by atoms with E-state index in [1.807, 2.05) is 0 Å². The van der Waals surface area contributed by atoms with E-state index < -0.39 is 0 Å². The largest absolute Gasteiger partial charge is 0.492 e. The van der Waals surface area contributed by atoms with Crippen LogP contribution in [0.4, 0.5) is 0 Å². The van der Waals surface area contributed by atoms with Crippen LogP contribution < -0.4 is 10.5 Å². The minimum Gasteiger partial charge on any atom is -0.492 e. The predicted molar refractivity (Wildman–Crippen MR) is 69.9 cm³/mol. The summed E-state index contributed by atoms with van der Waals surface area (Å²) in [6.07, 6.45) is 3.02. The van der Waals surface area contributed by atoms with Crippen LogP contribution in [0.15, 0.2) is 12.1 Å². The molecule has 0 aliphatic carbocycles. The van der Waals surface area contributed by atoms with E-state index in [-0.39, 0.29) is 0 Å². The summed E-state index contributed by atoms with van der Waals surface area (Å²) in [6, 6.07) is 3.22. The van der Waals surface area contributed by atoms with Crippen LogP contribution in [-0.2, 0) is 0 Å². The number of benzene rings is 1. The van der Waals surface area contributed by atoms with E-state index in [1.165, 1.54) is 0 Å². The van der Waals surface area contributed by atoms with Gasteiger partial charge in [0.25, 0.3) is 0 Å². The maximum Gasteiger partial charge on any atom is 0.139 e. The molecule has 16 heavy (non-hydrogen) atoms. The first-order chi connectivity index (χ1) is 7.65. The van der Waals surface area contributed by atoms with E-state index in [9.17, 15) is 0 Å². The lowest BCUT2D eigenvalue weighted by molar-refractivity contribution is 0.306. The van der Waals surface area contributed by atoms with Gasteiger partial charge in [0.05, 0.1) is 21.7 Å². The van der Waals surface area contributed by atoms with E-state index in [0.29, 0.717) is 34.0 Å². The second-order valence-electron chi connectivity index (χ2n) is 3.39. The molecule has 0 aliphatic rings. The molecule has 0 bridgehead atoms. The average molecular weight is 283 g/mol. The van der Waals surface area contributed by atoms with Crippen LogP contribution >= 0.6 is 34.8 Å². The predicted octanol–water partition coefficient (Wildman–Crippen LogP) is 4.15. The molecule has 0 amide bonds. The molecule has 90 valence electrons. The monoisotopic (exact) mass is 281 g/mol. The van der Waals surface area contributed by atoms with Crippen LogP contribution in [0.5, 0.6) is 5.75 Å². The minimum atomic E-state index is 0.433. The van der Waals surface area contributed by atoms with Crippen molar-refractivity contribution < 1.29 is 4.74 Å². The van der Waals surface area contributed by atoms with Gasteiger partial charge in [-0.05, 0) is 31.9 Å². The standard InChI is InChI=1S/C11H14Cl3NO/c12-8-6-10(14)11(7-9(8)13)16-5-3-1-2-4-15/h6-7H,1-5,15H2. The Morgan fingerprint density at radius 2 is 1.62 bits per heavy atom. The Bertz CT molecular complexity index is 344. The van der Waals surface area contributed by atoms with Gasteiger partial charge >= 0.3 is 0 Å². The summed E-state index contributed by atoms with van der Waals surface area (Å²) < 4.78 is 5.50. The molecule has 0 unspecified atom stereocenters. The third-order valence-corrected chi connectivity index (χ3v) is 3.10. The van der Waals surface area contributed by atoms with Crippen LogP contribution in [0.3, 0.4) is 0 Å². The lowest BCUT2D eigenvalue weighted by atomic mass is 10.2. The van der Waals surface area contributed by atoms with Gasteiger partial charge in [-0.1, -0.05) is 34.8 Å². The molecule has 0 aliphatic heterocycles. The molecule has 2 N–H and O–H groups in total. The third kappa shape index (κ3) is 4.38. The number of unbranched alkanes of at least 4 members (excludes halogenated alkanes) is 2. The van der Waals surface area contributed by atoms with Gasteiger partial charge in [0, 0.05) is 6.07 Å². The molecule has 0 heterocycles. The van der Waals surface area contributed by atoms with Crippen molar-refractivity contribution in [3.8, 4) is 5.75 Å². The maximum atomic E-state index is 5.95. The van der Waals surface area contributed by atoms with E-state index in [0.717, 1.165) is 19.3 Å². The first-order valence-corrected chi connectivity index (χ1v) is 6.26. The Balaban J connectivity index is 2.45. The number of hydrogen-bond donors (Lipinski definition) is 1. The van der Waals surface area contributed by atoms with Gasteiger partial charge in [-0.2, -0.15) is 0 Å². The molecular formula is C11H14Cl3NO. The highest BCUT2D eigenvalue weighted by Gasteiger charge is 2.06. The molecule has 0 fully saturated rings. The van der Waals surface area contributed by atoms with Gasteiger partial charge in [0.2, 0.25) is 0 Å². The smallest absolute Gasteiger partial charge is 0.139 e. The van der Waals surface area contributed by atoms with Crippen LogP contribution in [0.25, 0.3) is 0 Å². The fourth-order valence-electron chi connectivity index (χ4n) is 1.22. The summed E-state index contributed by atoms with van der Waals surface area (Å²) in [4.78, 5) is 0. The number of rotatable bonds is 6. The summed E-state index contributed by atoms with van der Waals surface area (Å²) in [5, 5.41) is 1.36. The number of halogens is 3. The first-order valence-electron chi connectivity index (χ1n) is 5.12. The Morgan fingerprint density at radius 1 is 0.938 bits per heavy atom. The van der Waals surface area contributed by atoms with Crippen LogP contribution in [0.2, 0.25) is 15.1 Å².